The monoisotopic (exact) mass is 255 g/mol. The maximum absolute atomic E-state index is 5.32. The van der Waals surface area contributed by atoms with Gasteiger partial charge in [-0.2, -0.15) is 11.8 Å². The number of unbranched alkanes of at least 4 members (excludes halogenated alkanes) is 2. The van der Waals surface area contributed by atoms with Crippen molar-refractivity contribution in [1.29, 1.82) is 0 Å². The number of hydrogen-bond donors (Lipinski definition) is 1. The molecule has 0 aromatic carbocycles. The van der Waals surface area contributed by atoms with Crippen LogP contribution in [0.4, 0.5) is 0 Å². The Morgan fingerprint density at radius 3 is 2.94 bits per heavy atom. The van der Waals surface area contributed by atoms with Crippen LogP contribution in [-0.2, 0) is 6.42 Å². The van der Waals surface area contributed by atoms with E-state index in [1.54, 1.807) is 6.26 Å². The molecule has 1 atom stereocenters. The lowest BCUT2D eigenvalue weighted by Gasteiger charge is -2.12. The minimum atomic E-state index is 0.584. The van der Waals surface area contributed by atoms with Gasteiger partial charge < -0.3 is 9.73 Å². The zero-order chi connectivity index (χ0) is 12.3. The quantitative estimate of drug-likeness (QED) is 0.645. The van der Waals surface area contributed by atoms with E-state index in [9.17, 15) is 0 Å². The molecular weight excluding hydrogens is 230 g/mol. The third kappa shape index (κ3) is 7.50. The van der Waals surface area contributed by atoms with Crippen molar-refractivity contribution in [2.24, 2.45) is 0 Å². The van der Waals surface area contributed by atoms with Crippen molar-refractivity contribution in [1.82, 2.24) is 5.32 Å². The lowest BCUT2D eigenvalue weighted by molar-refractivity contribution is 0.455. The Morgan fingerprint density at radius 2 is 2.24 bits per heavy atom. The van der Waals surface area contributed by atoms with Crippen molar-refractivity contribution in [2.75, 3.05) is 18.6 Å². The average Bonchev–Trinajstić information content (AvgIpc) is 2.84. The van der Waals surface area contributed by atoms with E-state index < -0.39 is 0 Å². The first-order chi connectivity index (χ1) is 8.33. The van der Waals surface area contributed by atoms with E-state index >= 15 is 0 Å². The van der Waals surface area contributed by atoms with Crippen LogP contribution in [0.15, 0.2) is 22.8 Å². The van der Waals surface area contributed by atoms with Crippen molar-refractivity contribution in [3.63, 3.8) is 0 Å². The van der Waals surface area contributed by atoms with Crippen molar-refractivity contribution in [3.05, 3.63) is 24.2 Å². The van der Waals surface area contributed by atoms with Crippen LogP contribution >= 0.6 is 11.8 Å². The second-order valence-corrected chi connectivity index (χ2v) is 5.51. The van der Waals surface area contributed by atoms with Crippen LogP contribution in [0.2, 0.25) is 0 Å². The number of nitrogens with one attached hydrogen (secondary N) is 1. The van der Waals surface area contributed by atoms with Gasteiger partial charge in [-0.25, -0.2) is 0 Å². The SMILES string of the molecule is CSCCCCCNC(C)CCc1ccco1. The van der Waals surface area contributed by atoms with Gasteiger partial charge in [0.25, 0.3) is 0 Å². The summed E-state index contributed by atoms with van der Waals surface area (Å²) in [6.07, 6.45) is 10.1. The molecular formula is C14H25NOS. The molecule has 0 saturated heterocycles. The first kappa shape index (κ1) is 14.7. The third-order valence-corrected chi connectivity index (χ3v) is 3.62. The molecule has 0 spiro atoms. The zero-order valence-electron chi connectivity index (χ0n) is 11.1. The van der Waals surface area contributed by atoms with E-state index in [2.05, 4.69) is 24.6 Å². The summed E-state index contributed by atoms with van der Waals surface area (Å²) in [6, 6.07) is 4.59. The van der Waals surface area contributed by atoms with Gasteiger partial charge in [-0.3, -0.25) is 0 Å². The predicted octanol–water partition coefficient (Wildman–Crippen LogP) is 3.72. The molecule has 3 heteroatoms. The van der Waals surface area contributed by atoms with E-state index in [0.29, 0.717) is 6.04 Å². The van der Waals surface area contributed by atoms with E-state index in [1.807, 2.05) is 17.8 Å². The van der Waals surface area contributed by atoms with Gasteiger partial charge in [-0.05, 0) is 56.9 Å². The highest BCUT2D eigenvalue weighted by Gasteiger charge is 2.02. The lowest BCUT2D eigenvalue weighted by atomic mass is 10.1. The van der Waals surface area contributed by atoms with Gasteiger partial charge in [-0.15, -0.1) is 0 Å². The van der Waals surface area contributed by atoms with Crippen molar-refractivity contribution in [3.8, 4) is 0 Å². The van der Waals surface area contributed by atoms with Crippen LogP contribution < -0.4 is 5.32 Å². The molecule has 1 aromatic rings. The maximum atomic E-state index is 5.32. The van der Waals surface area contributed by atoms with Crippen LogP contribution in [0, 0.1) is 0 Å². The molecule has 0 aliphatic rings. The van der Waals surface area contributed by atoms with E-state index in [1.165, 1.54) is 25.0 Å². The topological polar surface area (TPSA) is 25.2 Å². The van der Waals surface area contributed by atoms with Crippen LogP contribution in [0.3, 0.4) is 0 Å². The molecule has 1 heterocycles. The molecule has 2 nitrogen and oxygen atoms in total. The molecule has 0 radical (unpaired) electrons. The largest absolute Gasteiger partial charge is 0.469 e. The molecule has 0 saturated carbocycles. The fourth-order valence-corrected chi connectivity index (χ4v) is 2.31. The van der Waals surface area contributed by atoms with Crippen LogP contribution in [0.25, 0.3) is 0 Å². The normalized spacial score (nSPS) is 12.8. The number of thioether (sulfide) groups is 1. The minimum absolute atomic E-state index is 0.584. The number of furan rings is 1. The molecule has 1 N–H and O–H groups in total. The fourth-order valence-electron chi connectivity index (χ4n) is 1.81. The summed E-state index contributed by atoms with van der Waals surface area (Å²) < 4.78 is 5.32. The Labute approximate surface area is 110 Å². The van der Waals surface area contributed by atoms with Gasteiger partial charge in [0, 0.05) is 12.5 Å². The van der Waals surface area contributed by atoms with Crippen molar-refractivity contribution < 1.29 is 4.42 Å². The highest BCUT2D eigenvalue weighted by Crippen LogP contribution is 2.06. The second-order valence-electron chi connectivity index (χ2n) is 4.53. The smallest absolute Gasteiger partial charge is 0.103 e. The Kier molecular flexibility index (Phi) is 8.28. The molecule has 0 aliphatic heterocycles. The summed E-state index contributed by atoms with van der Waals surface area (Å²) in [5.41, 5.74) is 0. The first-order valence-electron chi connectivity index (χ1n) is 6.57. The van der Waals surface area contributed by atoms with Crippen molar-refractivity contribution in [2.45, 2.75) is 45.1 Å². The molecule has 1 aromatic heterocycles. The minimum Gasteiger partial charge on any atom is -0.469 e. The Hall–Kier alpha value is -0.410. The predicted molar refractivity (Wildman–Crippen MR) is 76.7 cm³/mol. The number of aryl methyl sites for hydroxylation is 1. The molecule has 1 rings (SSSR count). The van der Waals surface area contributed by atoms with Gasteiger partial charge in [0.15, 0.2) is 0 Å². The molecule has 1 unspecified atom stereocenters. The summed E-state index contributed by atoms with van der Waals surface area (Å²) in [5.74, 6) is 2.40. The summed E-state index contributed by atoms with van der Waals surface area (Å²) in [4.78, 5) is 0. The summed E-state index contributed by atoms with van der Waals surface area (Å²) in [7, 11) is 0. The molecule has 98 valence electrons. The Morgan fingerprint density at radius 1 is 1.35 bits per heavy atom. The highest BCUT2D eigenvalue weighted by molar-refractivity contribution is 7.98. The van der Waals surface area contributed by atoms with Crippen LogP contribution in [-0.4, -0.2) is 24.6 Å². The molecule has 0 amide bonds. The molecule has 0 aliphatic carbocycles. The van der Waals surface area contributed by atoms with E-state index in [0.717, 1.165) is 25.1 Å². The first-order valence-corrected chi connectivity index (χ1v) is 7.97. The van der Waals surface area contributed by atoms with Crippen LogP contribution in [0.1, 0.15) is 38.4 Å². The molecule has 0 fully saturated rings. The standard InChI is InChI=1S/C14H25NOS/c1-13(8-9-14-7-6-11-16-14)15-10-4-3-5-12-17-2/h6-7,11,13,15H,3-5,8-10,12H2,1-2H3. The third-order valence-electron chi connectivity index (χ3n) is 2.92. The molecule has 0 bridgehead atoms. The van der Waals surface area contributed by atoms with E-state index in [4.69, 9.17) is 4.42 Å². The van der Waals surface area contributed by atoms with Gasteiger partial charge in [0.05, 0.1) is 6.26 Å². The zero-order valence-corrected chi connectivity index (χ0v) is 11.9. The average molecular weight is 255 g/mol. The summed E-state index contributed by atoms with van der Waals surface area (Å²) in [5, 5.41) is 3.57. The number of hydrogen-bond acceptors (Lipinski definition) is 3. The maximum Gasteiger partial charge on any atom is 0.103 e. The lowest BCUT2D eigenvalue weighted by Crippen LogP contribution is -2.27. The summed E-state index contributed by atoms with van der Waals surface area (Å²) in [6.45, 7) is 3.40. The Balaban J connectivity index is 1.92. The number of rotatable bonds is 10. The van der Waals surface area contributed by atoms with Gasteiger partial charge >= 0.3 is 0 Å². The van der Waals surface area contributed by atoms with Gasteiger partial charge in [-0.1, -0.05) is 6.42 Å². The molecule has 17 heavy (non-hydrogen) atoms. The Bertz CT molecular complexity index is 261. The summed E-state index contributed by atoms with van der Waals surface area (Å²) >= 11 is 1.94. The second kappa shape index (κ2) is 9.60. The van der Waals surface area contributed by atoms with Crippen LogP contribution in [0.5, 0.6) is 0 Å². The van der Waals surface area contributed by atoms with E-state index in [-0.39, 0.29) is 0 Å². The fraction of sp³-hybridized carbons (Fsp3) is 0.714. The van der Waals surface area contributed by atoms with Gasteiger partial charge in [0.2, 0.25) is 0 Å². The van der Waals surface area contributed by atoms with Gasteiger partial charge in [0.1, 0.15) is 5.76 Å². The van der Waals surface area contributed by atoms with Crippen molar-refractivity contribution >= 4 is 11.8 Å². The highest BCUT2D eigenvalue weighted by atomic mass is 32.2.